The Morgan fingerprint density at radius 3 is 2.69 bits per heavy atom. The Morgan fingerprint density at radius 1 is 1.16 bits per heavy atom. The fourth-order valence-electron chi connectivity index (χ4n) is 3.81. The van der Waals surface area contributed by atoms with Crippen LogP contribution in [0.15, 0.2) is 52.1 Å². The van der Waals surface area contributed by atoms with E-state index in [2.05, 4.69) is 21.1 Å². The maximum atomic E-state index is 13.4. The Hall–Kier alpha value is -3.31. The van der Waals surface area contributed by atoms with Crippen molar-refractivity contribution in [2.45, 2.75) is 31.0 Å². The number of nitrogens with zero attached hydrogens (tertiary/aromatic N) is 5. The van der Waals surface area contributed by atoms with Gasteiger partial charge in [-0.15, -0.1) is 11.8 Å². The third-order valence-electron chi connectivity index (χ3n) is 5.68. The minimum atomic E-state index is 0.0149. The average Bonchev–Trinajstić information content (AvgIpc) is 3.01. The van der Waals surface area contributed by atoms with E-state index >= 15 is 0 Å². The van der Waals surface area contributed by atoms with Gasteiger partial charge in [-0.25, -0.2) is 4.98 Å². The van der Waals surface area contributed by atoms with E-state index in [1.165, 1.54) is 11.8 Å². The Labute approximate surface area is 192 Å². The van der Waals surface area contributed by atoms with E-state index in [0.29, 0.717) is 30.0 Å². The third kappa shape index (κ3) is 4.78. The summed E-state index contributed by atoms with van der Waals surface area (Å²) >= 11 is 1.54. The SMILES string of the molecule is Cc1noc(C)c1CSc1ncccc1C(=O)N1CCCN(c2ccc(C#N)cc2)CC1. The highest BCUT2D eigenvalue weighted by atomic mass is 32.2. The molecule has 3 aromatic rings. The van der Waals surface area contributed by atoms with Crippen molar-refractivity contribution in [1.29, 1.82) is 5.26 Å². The first-order valence-electron chi connectivity index (χ1n) is 10.6. The predicted molar refractivity (Wildman–Crippen MR) is 124 cm³/mol. The molecule has 0 N–H and O–H groups in total. The number of hydrogen-bond donors (Lipinski definition) is 0. The summed E-state index contributed by atoms with van der Waals surface area (Å²) in [5, 5.41) is 13.7. The van der Waals surface area contributed by atoms with Crippen molar-refractivity contribution >= 4 is 23.4 Å². The number of carbonyl (C=O) groups is 1. The molecule has 1 amide bonds. The number of benzene rings is 1. The second-order valence-electron chi connectivity index (χ2n) is 7.74. The molecule has 2 aromatic heterocycles. The molecule has 7 nitrogen and oxygen atoms in total. The van der Waals surface area contributed by atoms with Crippen molar-refractivity contribution in [3.05, 3.63) is 70.7 Å². The van der Waals surface area contributed by atoms with Crippen molar-refractivity contribution in [2.24, 2.45) is 0 Å². The summed E-state index contributed by atoms with van der Waals surface area (Å²) in [4.78, 5) is 22.1. The smallest absolute Gasteiger partial charge is 0.256 e. The van der Waals surface area contributed by atoms with Gasteiger partial charge in [-0.2, -0.15) is 5.26 Å². The standard InChI is InChI=1S/C24H25N5O2S/c1-17-22(18(2)31-27-17)16-32-23-21(5-3-10-26-23)24(30)29-12-4-11-28(13-14-29)20-8-6-19(15-25)7-9-20/h3,5-10H,4,11-14,16H2,1-2H3. The first-order valence-corrected chi connectivity index (χ1v) is 11.6. The van der Waals surface area contributed by atoms with E-state index in [4.69, 9.17) is 9.78 Å². The fourth-order valence-corrected chi connectivity index (χ4v) is 4.95. The summed E-state index contributed by atoms with van der Waals surface area (Å²) in [7, 11) is 0. The molecular weight excluding hydrogens is 422 g/mol. The zero-order chi connectivity index (χ0) is 22.5. The van der Waals surface area contributed by atoms with Gasteiger partial charge in [0.15, 0.2) is 0 Å². The topological polar surface area (TPSA) is 86.3 Å². The molecule has 3 heterocycles. The maximum Gasteiger partial charge on any atom is 0.256 e. The van der Waals surface area contributed by atoms with Crippen LogP contribution in [0.25, 0.3) is 0 Å². The number of thioether (sulfide) groups is 1. The van der Waals surface area contributed by atoms with Gasteiger partial charge in [0.05, 0.1) is 22.9 Å². The number of anilines is 1. The summed E-state index contributed by atoms with van der Waals surface area (Å²) < 4.78 is 5.25. The highest BCUT2D eigenvalue weighted by molar-refractivity contribution is 7.98. The molecule has 164 valence electrons. The number of pyridine rings is 1. The van der Waals surface area contributed by atoms with Crippen LogP contribution in [-0.4, -0.2) is 47.1 Å². The number of carbonyl (C=O) groups excluding carboxylic acids is 1. The van der Waals surface area contributed by atoms with Gasteiger partial charge >= 0.3 is 0 Å². The Balaban J connectivity index is 1.44. The van der Waals surface area contributed by atoms with Gasteiger partial charge in [0.25, 0.3) is 5.91 Å². The van der Waals surface area contributed by atoms with E-state index in [1.807, 2.05) is 55.1 Å². The van der Waals surface area contributed by atoms with Crippen LogP contribution in [0.4, 0.5) is 5.69 Å². The quantitative estimate of drug-likeness (QED) is 0.542. The van der Waals surface area contributed by atoms with Gasteiger partial charge in [-0.1, -0.05) is 5.16 Å². The van der Waals surface area contributed by atoms with Crippen LogP contribution < -0.4 is 4.90 Å². The highest BCUT2D eigenvalue weighted by Gasteiger charge is 2.23. The van der Waals surface area contributed by atoms with Crippen LogP contribution in [0.3, 0.4) is 0 Å². The lowest BCUT2D eigenvalue weighted by molar-refractivity contribution is 0.0762. The van der Waals surface area contributed by atoms with Crippen LogP contribution in [0.1, 0.15) is 39.4 Å². The van der Waals surface area contributed by atoms with Crippen LogP contribution in [0.2, 0.25) is 0 Å². The van der Waals surface area contributed by atoms with Crippen LogP contribution in [0, 0.1) is 25.2 Å². The molecule has 1 aliphatic heterocycles. The van der Waals surface area contributed by atoms with Gasteiger partial charge < -0.3 is 14.3 Å². The first-order chi connectivity index (χ1) is 15.6. The number of aromatic nitrogens is 2. The second-order valence-corrected chi connectivity index (χ2v) is 8.70. The largest absolute Gasteiger partial charge is 0.370 e. The zero-order valence-corrected chi connectivity index (χ0v) is 19.1. The van der Waals surface area contributed by atoms with Gasteiger partial charge in [0, 0.05) is 49.4 Å². The van der Waals surface area contributed by atoms with Crippen molar-refractivity contribution in [3.63, 3.8) is 0 Å². The molecule has 0 bridgehead atoms. The average molecular weight is 448 g/mol. The number of amides is 1. The molecule has 1 saturated heterocycles. The van der Waals surface area contributed by atoms with E-state index in [0.717, 1.165) is 47.2 Å². The van der Waals surface area contributed by atoms with Crippen LogP contribution in [-0.2, 0) is 5.75 Å². The number of rotatable bonds is 5. The van der Waals surface area contributed by atoms with Crippen molar-refractivity contribution in [1.82, 2.24) is 15.0 Å². The molecule has 8 heteroatoms. The molecule has 0 spiro atoms. The molecule has 0 aliphatic carbocycles. The third-order valence-corrected chi connectivity index (χ3v) is 6.71. The van der Waals surface area contributed by atoms with Crippen molar-refractivity contribution in [2.75, 3.05) is 31.1 Å². The van der Waals surface area contributed by atoms with Crippen molar-refractivity contribution < 1.29 is 9.32 Å². The normalized spacial score (nSPS) is 14.2. The lowest BCUT2D eigenvalue weighted by atomic mass is 10.2. The van der Waals surface area contributed by atoms with Crippen LogP contribution in [0.5, 0.6) is 0 Å². The number of nitriles is 1. The van der Waals surface area contributed by atoms with E-state index in [9.17, 15) is 4.79 Å². The van der Waals surface area contributed by atoms with Gasteiger partial charge in [-0.05, 0) is 56.7 Å². The lowest BCUT2D eigenvalue weighted by Crippen LogP contribution is -2.35. The first kappa shape index (κ1) is 21.9. The monoisotopic (exact) mass is 447 g/mol. The molecule has 0 atom stereocenters. The second kappa shape index (κ2) is 9.88. The van der Waals surface area contributed by atoms with Gasteiger partial charge in [0.2, 0.25) is 0 Å². The zero-order valence-electron chi connectivity index (χ0n) is 18.2. The molecular formula is C24H25N5O2S. The summed E-state index contributed by atoms with van der Waals surface area (Å²) in [6.07, 6.45) is 2.61. The maximum absolute atomic E-state index is 13.4. The molecule has 1 fully saturated rings. The summed E-state index contributed by atoms with van der Waals surface area (Å²) in [6, 6.07) is 13.4. The Kier molecular flexibility index (Phi) is 6.76. The van der Waals surface area contributed by atoms with Crippen molar-refractivity contribution in [3.8, 4) is 6.07 Å². The van der Waals surface area contributed by atoms with Gasteiger partial charge in [-0.3, -0.25) is 4.79 Å². The fraction of sp³-hybridized carbons (Fsp3) is 0.333. The summed E-state index contributed by atoms with van der Waals surface area (Å²) in [6.45, 7) is 6.79. The number of aryl methyl sites for hydroxylation is 2. The molecule has 32 heavy (non-hydrogen) atoms. The predicted octanol–water partition coefficient (Wildman–Crippen LogP) is 4.20. The molecule has 0 unspecified atom stereocenters. The van der Waals surface area contributed by atoms with E-state index < -0.39 is 0 Å². The molecule has 4 rings (SSSR count). The molecule has 0 saturated carbocycles. The molecule has 1 aliphatic rings. The van der Waals surface area contributed by atoms with E-state index in [1.54, 1.807) is 6.20 Å². The Bertz CT molecular complexity index is 1120. The lowest BCUT2D eigenvalue weighted by Gasteiger charge is -2.24. The minimum Gasteiger partial charge on any atom is -0.370 e. The Morgan fingerprint density at radius 2 is 1.97 bits per heavy atom. The van der Waals surface area contributed by atoms with Crippen LogP contribution >= 0.6 is 11.8 Å². The molecule has 1 aromatic carbocycles. The summed E-state index contributed by atoms with van der Waals surface area (Å²) in [5.74, 6) is 1.47. The van der Waals surface area contributed by atoms with E-state index in [-0.39, 0.29) is 5.91 Å². The van der Waals surface area contributed by atoms with Gasteiger partial charge in [0.1, 0.15) is 10.8 Å². The number of hydrogen-bond acceptors (Lipinski definition) is 7. The summed E-state index contributed by atoms with van der Waals surface area (Å²) in [5.41, 5.74) is 4.28. The molecule has 0 radical (unpaired) electrons. The highest BCUT2D eigenvalue weighted by Crippen LogP contribution is 2.28. The minimum absolute atomic E-state index is 0.0149.